The number of carbonyl (C=O) groups excluding carboxylic acids is 2. The van der Waals surface area contributed by atoms with Gasteiger partial charge in [-0.05, 0) is 52.8 Å². The lowest BCUT2D eigenvalue weighted by Crippen LogP contribution is -2.52. The maximum atomic E-state index is 12.4. The minimum Gasteiger partial charge on any atom is -0.444 e. The number of carbonyl (C=O) groups is 2. The molecule has 0 atom stereocenters. The molecule has 1 N–H and O–H groups in total. The standard InChI is InChI=1S/C17H25ClN2O3/c1-16(2,3)23-15(22)19-17(4,5)11-20(6)14(21)12-8-7-9-13(18)10-12/h7-10H,11H2,1-6H3,(H,19,22). The Balaban J connectivity index is 2.69. The number of alkyl carbamates (subject to hydrolysis) is 1. The topological polar surface area (TPSA) is 58.6 Å². The van der Waals surface area contributed by atoms with Crippen LogP contribution in [0.2, 0.25) is 5.02 Å². The molecule has 0 saturated carbocycles. The third-order valence-corrected chi connectivity index (χ3v) is 3.13. The molecule has 0 bridgehead atoms. The molecule has 0 aromatic heterocycles. The number of likely N-dealkylation sites (N-methyl/N-ethyl adjacent to an activating group) is 1. The molecule has 0 fully saturated rings. The molecule has 2 amide bonds. The summed E-state index contributed by atoms with van der Waals surface area (Å²) >= 11 is 5.91. The Morgan fingerprint density at radius 3 is 2.35 bits per heavy atom. The van der Waals surface area contributed by atoms with Crippen molar-refractivity contribution in [2.75, 3.05) is 13.6 Å². The van der Waals surface area contributed by atoms with Crippen LogP contribution in [0.5, 0.6) is 0 Å². The van der Waals surface area contributed by atoms with Crippen molar-refractivity contribution >= 4 is 23.6 Å². The molecule has 23 heavy (non-hydrogen) atoms. The number of nitrogens with one attached hydrogen (secondary N) is 1. The third kappa shape index (κ3) is 6.91. The van der Waals surface area contributed by atoms with E-state index < -0.39 is 17.2 Å². The van der Waals surface area contributed by atoms with Gasteiger partial charge in [0.2, 0.25) is 0 Å². The van der Waals surface area contributed by atoms with Gasteiger partial charge in [0, 0.05) is 24.2 Å². The summed E-state index contributed by atoms with van der Waals surface area (Å²) in [5.74, 6) is -0.161. The molecule has 0 aliphatic heterocycles. The van der Waals surface area contributed by atoms with Gasteiger partial charge in [-0.1, -0.05) is 17.7 Å². The van der Waals surface area contributed by atoms with Crippen LogP contribution in [0, 0.1) is 0 Å². The van der Waals surface area contributed by atoms with E-state index in [-0.39, 0.29) is 5.91 Å². The van der Waals surface area contributed by atoms with Crippen LogP contribution < -0.4 is 5.32 Å². The number of hydrogen-bond donors (Lipinski definition) is 1. The molecule has 128 valence electrons. The number of rotatable bonds is 4. The molecule has 1 rings (SSSR count). The Morgan fingerprint density at radius 1 is 1.22 bits per heavy atom. The van der Waals surface area contributed by atoms with Crippen LogP contribution in [0.1, 0.15) is 45.0 Å². The molecule has 0 unspecified atom stereocenters. The number of ether oxygens (including phenoxy) is 1. The van der Waals surface area contributed by atoms with Crippen molar-refractivity contribution in [1.29, 1.82) is 0 Å². The van der Waals surface area contributed by atoms with E-state index in [1.807, 2.05) is 13.8 Å². The van der Waals surface area contributed by atoms with E-state index in [0.717, 1.165) is 0 Å². The van der Waals surface area contributed by atoms with Crippen molar-refractivity contribution in [3.63, 3.8) is 0 Å². The van der Waals surface area contributed by atoms with Gasteiger partial charge >= 0.3 is 6.09 Å². The Bertz CT molecular complexity index is 579. The molecule has 1 aromatic rings. The molecule has 6 heteroatoms. The zero-order valence-electron chi connectivity index (χ0n) is 14.6. The predicted octanol–water partition coefficient (Wildman–Crippen LogP) is 3.72. The minimum absolute atomic E-state index is 0.161. The summed E-state index contributed by atoms with van der Waals surface area (Å²) in [6.07, 6.45) is -0.508. The average molecular weight is 341 g/mol. The van der Waals surface area contributed by atoms with Gasteiger partial charge in [0.25, 0.3) is 5.91 Å². The predicted molar refractivity (Wildman–Crippen MR) is 91.9 cm³/mol. The zero-order valence-corrected chi connectivity index (χ0v) is 15.3. The smallest absolute Gasteiger partial charge is 0.408 e. The molecular weight excluding hydrogens is 316 g/mol. The van der Waals surface area contributed by atoms with Crippen LogP contribution in [-0.2, 0) is 4.74 Å². The van der Waals surface area contributed by atoms with Crippen LogP contribution in [0.25, 0.3) is 0 Å². The highest BCUT2D eigenvalue weighted by molar-refractivity contribution is 6.30. The van der Waals surface area contributed by atoms with Gasteiger partial charge in [0.1, 0.15) is 5.60 Å². The van der Waals surface area contributed by atoms with Crippen molar-refractivity contribution in [1.82, 2.24) is 10.2 Å². The lowest BCUT2D eigenvalue weighted by molar-refractivity contribution is 0.0441. The lowest BCUT2D eigenvalue weighted by atomic mass is 10.0. The van der Waals surface area contributed by atoms with Crippen molar-refractivity contribution < 1.29 is 14.3 Å². The van der Waals surface area contributed by atoms with Crippen LogP contribution in [-0.4, -0.2) is 41.6 Å². The van der Waals surface area contributed by atoms with Crippen LogP contribution in [0.15, 0.2) is 24.3 Å². The SMILES string of the molecule is CN(CC(C)(C)NC(=O)OC(C)(C)C)C(=O)c1cccc(Cl)c1. The summed E-state index contributed by atoms with van der Waals surface area (Å²) in [5, 5.41) is 3.29. The molecule has 0 aliphatic carbocycles. The highest BCUT2D eigenvalue weighted by Crippen LogP contribution is 2.15. The molecule has 1 aromatic carbocycles. The first kappa shape index (κ1) is 19.3. The summed E-state index contributed by atoms with van der Waals surface area (Å²) < 4.78 is 5.25. The number of halogens is 1. The van der Waals surface area contributed by atoms with Crippen molar-refractivity contribution in [2.24, 2.45) is 0 Å². The number of hydrogen-bond acceptors (Lipinski definition) is 3. The first-order chi connectivity index (χ1) is 10.4. The second kappa shape index (κ2) is 7.21. The summed E-state index contributed by atoms with van der Waals surface area (Å²) in [6, 6.07) is 6.77. The Hall–Kier alpha value is -1.75. The molecule has 0 aliphatic rings. The maximum absolute atomic E-state index is 12.4. The second-order valence-corrected chi connectivity index (χ2v) is 7.62. The quantitative estimate of drug-likeness (QED) is 0.908. The summed E-state index contributed by atoms with van der Waals surface area (Å²) in [5.41, 5.74) is -0.693. The fourth-order valence-electron chi connectivity index (χ4n) is 2.13. The number of benzene rings is 1. The van der Waals surface area contributed by atoms with Gasteiger partial charge in [-0.3, -0.25) is 4.79 Å². The molecule has 0 heterocycles. The van der Waals surface area contributed by atoms with Crippen molar-refractivity contribution in [3.05, 3.63) is 34.9 Å². The lowest BCUT2D eigenvalue weighted by Gasteiger charge is -2.32. The summed E-state index contributed by atoms with van der Waals surface area (Å²) in [4.78, 5) is 25.8. The fraction of sp³-hybridized carbons (Fsp3) is 0.529. The monoisotopic (exact) mass is 340 g/mol. The van der Waals surface area contributed by atoms with E-state index in [0.29, 0.717) is 17.1 Å². The second-order valence-electron chi connectivity index (χ2n) is 7.18. The van der Waals surface area contributed by atoms with Gasteiger partial charge in [-0.15, -0.1) is 0 Å². The third-order valence-electron chi connectivity index (χ3n) is 2.89. The van der Waals surface area contributed by atoms with E-state index in [4.69, 9.17) is 16.3 Å². The van der Waals surface area contributed by atoms with E-state index >= 15 is 0 Å². The highest BCUT2D eigenvalue weighted by atomic mass is 35.5. The molecule has 0 spiro atoms. The molecule has 0 radical (unpaired) electrons. The number of amides is 2. The molecule has 0 saturated heterocycles. The van der Waals surface area contributed by atoms with Crippen molar-refractivity contribution in [3.8, 4) is 0 Å². The van der Waals surface area contributed by atoms with E-state index in [1.54, 1.807) is 57.0 Å². The summed E-state index contributed by atoms with van der Waals surface area (Å²) in [6.45, 7) is 9.39. The normalized spacial score (nSPS) is 11.8. The molecule has 5 nitrogen and oxygen atoms in total. The first-order valence-electron chi connectivity index (χ1n) is 7.42. The van der Waals surface area contributed by atoms with Gasteiger partial charge in [0.05, 0.1) is 5.54 Å². The van der Waals surface area contributed by atoms with E-state index in [2.05, 4.69) is 5.32 Å². The average Bonchev–Trinajstić information content (AvgIpc) is 2.33. The summed E-state index contributed by atoms with van der Waals surface area (Å²) in [7, 11) is 1.68. The largest absolute Gasteiger partial charge is 0.444 e. The first-order valence-corrected chi connectivity index (χ1v) is 7.80. The van der Waals surface area contributed by atoms with Crippen molar-refractivity contribution in [2.45, 2.75) is 45.8 Å². The Labute approximate surface area is 142 Å². The Morgan fingerprint density at radius 2 is 1.83 bits per heavy atom. The van der Waals surface area contributed by atoms with Gasteiger partial charge in [0.15, 0.2) is 0 Å². The molecular formula is C17H25ClN2O3. The van der Waals surface area contributed by atoms with Crippen LogP contribution in [0.4, 0.5) is 4.79 Å². The van der Waals surface area contributed by atoms with Crippen LogP contribution in [0.3, 0.4) is 0 Å². The number of nitrogens with zero attached hydrogens (tertiary/aromatic N) is 1. The van der Waals surface area contributed by atoms with Gasteiger partial charge in [-0.2, -0.15) is 0 Å². The highest BCUT2D eigenvalue weighted by Gasteiger charge is 2.27. The fourth-order valence-corrected chi connectivity index (χ4v) is 2.32. The maximum Gasteiger partial charge on any atom is 0.408 e. The van der Waals surface area contributed by atoms with Gasteiger partial charge < -0.3 is 15.0 Å². The van der Waals surface area contributed by atoms with Gasteiger partial charge in [-0.25, -0.2) is 4.79 Å². The zero-order chi connectivity index (χ0) is 17.8. The Kier molecular flexibility index (Phi) is 6.05. The minimum atomic E-state index is -0.634. The van der Waals surface area contributed by atoms with E-state index in [1.165, 1.54) is 0 Å². The van der Waals surface area contributed by atoms with E-state index in [9.17, 15) is 9.59 Å². The van der Waals surface area contributed by atoms with Crippen LogP contribution >= 0.6 is 11.6 Å².